The Labute approximate surface area is 116 Å². The molecule has 112 valence electrons. The van der Waals surface area contributed by atoms with Gasteiger partial charge in [0.15, 0.2) is 0 Å². The summed E-state index contributed by atoms with van der Waals surface area (Å²) in [5.41, 5.74) is 0. The van der Waals surface area contributed by atoms with Crippen molar-refractivity contribution in [3.63, 3.8) is 0 Å². The third kappa shape index (κ3) is 5.47. The molecule has 1 aliphatic heterocycles. The lowest BCUT2D eigenvalue weighted by Crippen LogP contribution is -2.35. The molecule has 2 atom stereocenters. The first-order chi connectivity index (χ1) is 9.20. The van der Waals surface area contributed by atoms with Crippen molar-refractivity contribution in [1.29, 1.82) is 0 Å². The van der Waals surface area contributed by atoms with E-state index in [-0.39, 0.29) is 18.1 Å². The van der Waals surface area contributed by atoms with Crippen molar-refractivity contribution in [1.82, 2.24) is 10.2 Å². The van der Waals surface area contributed by atoms with Gasteiger partial charge in [0.25, 0.3) is 0 Å². The molecule has 1 heterocycles. The summed E-state index contributed by atoms with van der Waals surface area (Å²) in [6, 6.07) is 0.0259. The highest BCUT2D eigenvalue weighted by Gasteiger charge is 2.34. The predicted molar refractivity (Wildman–Crippen MR) is 74.9 cm³/mol. The Hall–Kier alpha value is -0.650. The fraction of sp³-hybridized carbons (Fsp3) is 0.929. The molecule has 1 N–H and O–H groups in total. The predicted octanol–water partition coefficient (Wildman–Crippen LogP) is 1.38. The fourth-order valence-corrected chi connectivity index (χ4v) is 2.37. The second kappa shape index (κ2) is 9.28. The van der Waals surface area contributed by atoms with Crippen LogP contribution in [0.3, 0.4) is 0 Å². The van der Waals surface area contributed by atoms with Gasteiger partial charge in [-0.3, -0.25) is 10.1 Å². The topological polar surface area (TPSA) is 50.8 Å². The lowest BCUT2D eigenvalue weighted by Gasteiger charge is -2.20. The van der Waals surface area contributed by atoms with Gasteiger partial charge in [-0.05, 0) is 26.2 Å². The lowest BCUT2D eigenvalue weighted by atomic mass is 10.1. The molecule has 1 saturated heterocycles. The van der Waals surface area contributed by atoms with E-state index >= 15 is 0 Å². The number of unbranched alkanes of at least 4 members (excludes halogenated alkanes) is 1. The maximum Gasteiger partial charge on any atom is 0.241 e. The molecule has 19 heavy (non-hydrogen) atoms. The van der Waals surface area contributed by atoms with Gasteiger partial charge in [0.1, 0.15) is 0 Å². The zero-order valence-corrected chi connectivity index (χ0v) is 12.5. The minimum Gasteiger partial charge on any atom is -0.382 e. The highest BCUT2D eigenvalue weighted by Crippen LogP contribution is 2.15. The van der Waals surface area contributed by atoms with Crippen molar-refractivity contribution in [3.8, 4) is 0 Å². The van der Waals surface area contributed by atoms with E-state index in [0.29, 0.717) is 13.2 Å². The molecular weight excluding hydrogens is 244 g/mol. The monoisotopic (exact) mass is 272 g/mol. The number of ether oxygens (including phenoxy) is 2. The van der Waals surface area contributed by atoms with Crippen molar-refractivity contribution in [2.45, 2.75) is 51.7 Å². The van der Waals surface area contributed by atoms with Crippen LogP contribution >= 0.6 is 0 Å². The Balaban J connectivity index is 2.13. The number of nitrogens with zero attached hydrogens (tertiary/aromatic N) is 1. The summed E-state index contributed by atoms with van der Waals surface area (Å²) in [4.78, 5) is 14.1. The molecule has 5 heteroatoms. The normalized spacial score (nSPS) is 23.3. The van der Waals surface area contributed by atoms with Crippen LogP contribution < -0.4 is 5.32 Å². The number of methoxy groups -OCH3 is 1. The SMILES string of the molecule is CCCC1NC(C)N(CCCCOCCOC)C1=O. The summed E-state index contributed by atoms with van der Waals surface area (Å²) in [7, 11) is 1.67. The van der Waals surface area contributed by atoms with E-state index in [1.54, 1.807) is 7.11 Å². The van der Waals surface area contributed by atoms with Crippen LogP contribution in [0.2, 0.25) is 0 Å². The van der Waals surface area contributed by atoms with E-state index in [4.69, 9.17) is 9.47 Å². The highest BCUT2D eigenvalue weighted by atomic mass is 16.5. The quantitative estimate of drug-likeness (QED) is 0.610. The molecule has 2 unspecified atom stereocenters. The Morgan fingerprint density at radius 3 is 2.74 bits per heavy atom. The molecule has 1 rings (SSSR count). The molecule has 0 spiro atoms. The Kier molecular flexibility index (Phi) is 8.02. The summed E-state index contributed by atoms with van der Waals surface area (Å²) < 4.78 is 10.3. The third-order valence-electron chi connectivity index (χ3n) is 3.44. The Morgan fingerprint density at radius 1 is 1.26 bits per heavy atom. The molecular formula is C14H28N2O3. The van der Waals surface area contributed by atoms with E-state index < -0.39 is 0 Å². The fourth-order valence-electron chi connectivity index (χ4n) is 2.37. The average Bonchev–Trinajstić information content (AvgIpc) is 2.65. The second-order valence-electron chi connectivity index (χ2n) is 5.03. The number of hydrogen-bond acceptors (Lipinski definition) is 4. The van der Waals surface area contributed by atoms with Crippen molar-refractivity contribution in [2.24, 2.45) is 0 Å². The van der Waals surface area contributed by atoms with Crippen LogP contribution in [0.15, 0.2) is 0 Å². The molecule has 0 bridgehead atoms. The van der Waals surface area contributed by atoms with E-state index in [0.717, 1.165) is 38.8 Å². The molecule has 0 saturated carbocycles. The van der Waals surface area contributed by atoms with Crippen molar-refractivity contribution in [2.75, 3.05) is 33.5 Å². The number of rotatable bonds is 10. The molecule has 0 aromatic rings. The van der Waals surface area contributed by atoms with E-state index in [1.165, 1.54) is 0 Å². The summed E-state index contributed by atoms with van der Waals surface area (Å²) in [6.45, 7) is 7.02. The minimum atomic E-state index is 0.0259. The summed E-state index contributed by atoms with van der Waals surface area (Å²) in [5.74, 6) is 0.259. The molecule has 0 aromatic heterocycles. The second-order valence-corrected chi connectivity index (χ2v) is 5.03. The molecule has 0 aliphatic carbocycles. The first-order valence-electron chi connectivity index (χ1n) is 7.34. The van der Waals surface area contributed by atoms with Crippen LogP contribution in [0.25, 0.3) is 0 Å². The van der Waals surface area contributed by atoms with Gasteiger partial charge in [-0.2, -0.15) is 0 Å². The lowest BCUT2D eigenvalue weighted by molar-refractivity contribution is -0.130. The zero-order chi connectivity index (χ0) is 14.1. The summed E-state index contributed by atoms with van der Waals surface area (Å²) in [6.07, 6.45) is 4.11. The van der Waals surface area contributed by atoms with Crippen LogP contribution in [-0.2, 0) is 14.3 Å². The highest BCUT2D eigenvalue weighted by molar-refractivity contribution is 5.84. The summed E-state index contributed by atoms with van der Waals surface area (Å²) >= 11 is 0. The van der Waals surface area contributed by atoms with Gasteiger partial charge < -0.3 is 14.4 Å². The number of carbonyl (C=O) groups excluding carboxylic acids is 1. The smallest absolute Gasteiger partial charge is 0.241 e. The first-order valence-corrected chi connectivity index (χ1v) is 7.34. The van der Waals surface area contributed by atoms with Gasteiger partial charge in [-0.25, -0.2) is 0 Å². The largest absolute Gasteiger partial charge is 0.382 e. The maximum atomic E-state index is 12.1. The zero-order valence-electron chi connectivity index (χ0n) is 12.5. The third-order valence-corrected chi connectivity index (χ3v) is 3.44. The van der Waals surface area contributed by atoms with E-state index in [1.807, 2.05) is 4.90 Å². The minimum absolute atomic E-state index is 0.0259. The average molecular weight is 272 g/mol. The van der Waals surface area contributed by atoms with Crippen LogP contribution in [-0.4, -0.2) is 56.5 Å². The molecule has 1 aliphatic rings. The molecule has 1 amide bonds. The van der Waals surface area contributed by atoms with Crippen molar-refractivity contribution < 1.29 is 14.3 Å². The maximum absolute atomic E-state index is 12.1. The van der Waals surface area contributed by atoms with E-state index in [9.17, 15) is 4.79 Å². The number of nitrogens with one attached hydrogen (secondary N) is 1. The van der Waals surface area contributed by atoms with Gasteiger partial charge in [0.2, 0.25) is 5.91 Å². The summed E-state index contributed by atoms with van der Waals surface area (Å²) in [5, 5.41) is 3.35. The van der Waals surface area contributed by atoms with Gasteiger partial charge in [-0.15, -0.1) is 0 Å². The van der Waals surface area contributed by atoms with Gasteiger partial charge in [0, 0.05) is 20.3 Å². The molecule has 0 aromatic carbocycles. The number of hydrogen-bond donors (Lipinski definition) is 1. The Morgan fingerprint density at radius 2 is 2.05 bits per heavy atom. The van der Waals surface area contributed by atoms with Crippen LogP contribution in [0.1, 0.15) is 39.5 Å². The van der Waals surface area contributed by atoms with Crippen LogP contribution in [0.5, 0.6) is 0 Å². The van der Waals surface area contributed by atoms with Crippen molar-refractivity contribution >= 4 is 5.91 Å². The van der Waals surface area contributed by atoms with Gasteiger partial charge >= 0.3 is 0 Å². The van der Waals surface area contributed by atoms with E-state index in [2.05, 4.69) is 19.2 Å². The van der Waals surface area contributed by atoms with Crippen LogP contribution in [0.4, 0.5) is 0 Å². The Bertz CT molecular complexity index is 261. The van der Waals surface area contributed by atoms with Gasteiger partial charge in [-0.1, -0.05) is 13.3 Å². The van der Waals surface area contributed by atoms with Gasteiger partial charge in [0.05, 0.1) is 25.4 Å². The first kappa shape index (κ1) is 16.4. The molecule has 1 fully saturated rings. The standard InChI is InChI=1S/C14H28N2O3/c1-4-7-13-14(17)16(12(2)15-13)8-5-6-9-19-11-10-18-3/h12-13,15H,4-11H2,1-3H3. The molecule has 0 radical (unpaired) electrons. The number of carbonyl (C=O) groups is 1. The molecule has 5 nitrogen and oxygen atoms in total. The van der Waals surface area contributed by atoms with Crippen LogP contribution in [0, 0.1) is 0 Å². The van der Waals surface area contributed by atoms with Crippen molar-refractivity contribution in [3.05, 3.63) is 0 Å². The number of amides is 1.